The Morgan fingerprint density at radius 3 is 2.94 bits per heavy atom. The van der Waals surface area contributed by atoms with E-state index < -0.39 is 11.7 Å². The summed E-state index contributed by atoms with van der Waals surface area (Å²) < 4.78 is 0. The van der Waals surface area contributed by atoms with Crippen molar-refractivity contribution in [3.8, 4) is 0 Å². The van der Waals surface area contributed by atoms with Crippen molar-refractivity contribution in [2.24, 2.45) is 0 Å². The van der Waals surface area contributed by atoms with Crippen molar-refractivity contribution >= 4 is 16.9 Å². The molecule has 0 fully saturated rings. The summed E-state index contributed by atoms with van der Waals surface area (Å²) in [5.74, 6) is -0.886. The van der Waals surface area contributed by atoms with E-state index in [0.29, 0.717) is 17.6 Å². The normalized spacial score (nSPS) is 10.6. The molecule has 1 heterocycles. The number of benzene rings is 1. The number of aromatic amines is 1. The average Bonchev–Trinajstić information content (AvgIpc) is 2.26. The van der Waals surface area contributed by atoms with E-state index in [1.54, 1.807) is 6.07 Å². The van der Waals surface area contributed by atoms with Crippen LogP contribution in [0.4, 0.5) is 0 Å². The zero-order chi connectivity index (χ0) is 12.4. The average molecular weight is 232 g/mol. The van der Waals surface area contributed by atoms with Crippen LogP contribution in [-0.4, -0.2) is 21.0 Å². The second-order valence-corrected chi connectivity index (χ2v) is 3.93. The highest BCUT2D eigenvalue weighted by molar-refractivity contribution is 5.81. The first-order chi connectivity index (χ1) is 8.06. The molecule has 5 nitrogen and oxygen atoms in total. The van der Waals surface area contributed by atoms with Crippen molar-refractivity contribution in [1.82, 2.24) is 9.97 Å². The van der Waals surface area contributed by atoms with Crippen LogP contribution >= 0.6 is 0 Å². The molecule has 2 N–H and O–H groups in total. The number of carboxylic acids is 1. The molecule has 0 amide bonds. The molecule has 1 aromatic carbocycles. The maximum Gasteiger partial charge on any atom is 0.345 e. The summed E-state index contributed by atoms with van der Waals surface area (Å²) in [5.41, 5.74) is 1.83. The van der Waals surface area contributed by atoms with Crippen molar-refractivity contribution in [2.45, 2.75) is 19.8 Å². The summed E-state index contributed by atoms with van der Waals surface area (Å²) in [4.78, 5) is 28.3. The molecule has 0 saturated carbocycles. The number of H-pyrrole nitrogens is 1. The van der Waals surface area contributed by atoms with Gasteiger partial charge in [0.2, 0.25) is 0 Å². The predicted octanol–water partition coefficient (Wildman–Crippen LogP) is 1.25. The van der Waals surface area contributed by atoms with Gasteiger partial charge in [-0.3, -0.25) is 4.79 Å². The number of nitrogens with zero attached hydrogens (tertiary/aromatic N) is 1. The quantitative estimate of drug-likeness (QED) is 0.834. The van der Waals surface area contributed by atoms with E-state index in [2.05, 4.69) is 9.97 Å². The standard InChI is InChI=1S/C12H12N2O3/c1-7-2-3-9-8(6-7)10(4-5-11(15)16)14-12(17)13-9/h2-3,6H,4-5H2,1H3,(H,15,16)(H,13,14,17). The molecule has 88 valence electrons. The molecule has 0 aliphatic carbocycles. The second kappa shape index (κ2) is 4.37. The van der Waals surface area contributed by atoms with Crippen LogP contribution in [0.15, 0.2) is 23.0 Å². The SMILES string of the molecule is Cc1ccc2nc(=O)[nH]c(CCC(=O)O)c2c1. The molecule has 2 rings (SSSR count). The highest BCUT2D eigenvalue weighted by Gasteiger charge is 2.07. The Morgan fingerprint density at radius 2 is 2.24 bits per heavy atom. The predicted molar refractivity (Wildman–Crippen MR) is 63.1 cm³/mol. The Kier molecular flexibility index (Phi) is 2.91. The Labute approximate surface area is 97.1 Å². The van der Waals surface area contributed by atoms with E-state index in [1.807, 2.05) is 19.1 Å². The molecule has 0 aliphatic rings. The third kappa shape index (κ3) is 2.50. The molecule has 0 saturated heterocycles. The van der Waals surface area contributed by atoms with Gasteiger partial charge in [0.15, 0.2) is 0 Å². The lowest BCUT2D eigenvalue weighted by atomic mass is 10.1. The van der Waals surface area contributed by atoms with E-state index in [9.17, 15) is 9.59 Å². The molecular weight excluding hydrogens is 220 g/mol. The Bertz CT molecular complexity index is 631. The highest BCUT2D eigenvalue weighted by Crippen LogP contribution is 2.16. The first kappa shape index (κ1) is 11.3. The Balaban J connectivity index is 2.55. The minimum atomic E-state index is -0.886. The number of carbonyl (C=O) groups is 1. The number of carboxylic acid groups (broad SMARTS) is 1. The third-order valence-electron chi connectivity index (χ3n) is 2.55. The number of nitrogens with one attached hydrogen (secondary N) is 1. The van der Waals surface area contributed by atoms with E-state index in [4.69, 9.17) is 5.11 Å². The van der Waals surface area contributed by atoms with Gasteiger partial charge in [0, 0.05) is 11.1 Å². The summed E-state index contributed by atoms with van der Waals surface area (Å²) in [6, 6.07) is 5.54. The lowest BCUT2D eigenvalue weighted by molar-refractivity contribution is -0.136. The van der Waals surface area contributed by atoms with Gasteiger partial charge in [-0.1, -0.05) is 11.6 Å². The van der Waals surface area contributed by atoms with Crippen molar-refractivity contribution < 1.29 is 9.90 Å². The van der Waals surface area contributed by atoms with Crippen LogP contribution < -0.4 is 5.69 Å². The molecule has 0 unspecified atom stereocenters. The van der Waals surface area contributed by atoms with Crippen LogP contribution in [0.2, 0.25) is 0 Å². The third-order valence-corrected chi connectivity index (χ3v) is 2.55. The molecule has 1 aromatic heterocycles. The molecule has 0 spiro atoms. The maximum absolute atomic E-state index is 11.3. The number of fused-ring (bicyclic) bond motifs is 1. The monoisotopic (exact) mass is 232 g/mol. The zero-order valence-corrected chi connectivity index (χ0v) is 9.36. The van der Waals surface area contributed by atoms with E-state index in [1.165, 1.54) is 0 Å². The molecule has 5 heteroatoms. The minimum Gasteiger partial charge on any atom is -0.481 e. The van der Waals surface area contributed by atoms with Crippen LogP contribution in [0.5, 0.6) is 0 Å². The van der Waals surface area contributed by atoms with Gasteiger partial charge in [-0.15, -0.1) is 0 Å². The van der Waals surface area contributed by atoms with Gasteiger partial charge in [0.05, 0.1) is 11.9 Å². The van der Waals surface area contributed by atoms with Gasteiger partial charge in [-0.05, 0) is 25.5 Å². The van der Waals surface area contributed by atoms with Gasteiger partial charge in [-0.2, -0.15) is 4.98 Å². The maximum atomic E-state index is 11.3. The van der Waals surface area contributed by atoms with Gasteiger partial charge in [0.1, 0.15) is 0 Å². The highest BCUT2D eigenvalue weighted by atomic mass is 16.4. The fourth-order valence-electron chi connectivity index (χ4n) is 1.75. The summed E-state index contributed by atoms with van der Waals surface area (Å²) in [6.45, 7) is 1.94. The first-order valence-electron chi connectivity index (χ1n) is 5.27. The number of aromatic nitrogens is 2. The van der Waals surface area contributed by atoms with E-state index in [-0.39, 0.29) is 6.42 Å². The summed E-state index contributed by atoms with van der Waals surface area (Å²) in [7, 11) is 0. The van der Waals surface area contributed by atoms with Crippen molar-refractivity contribution in [3.63, 3.8) is 0 Å². The Morgan fingerprint density at radius 1 is 1.47 bits per heavy atom. The lowest BCUT2D eigenvalue weighted by Gasteiger charge is -2.05. The van der Waals surface area contributed by atoms with Crippen LogP contribution in [0, 0.1) is 6.92 Å². The van der Waals surface area contributed by atoms with Crippen LogP contribution in [0.1, 0.15) is 17.7 Å². The first-order valence-corrected chi connectivity index (χ1v) is 5.27. The summed E-state index contributed by atoms with van der Waals surface area (Å²) in [6.07, 6.45) is 0.288. The van der Waals surface area contributed by atoms with Crippen LogP contribution in [-0.2, 0) is 11.2 Å². The molecule has 0 aliphatic heterocycles. The molecule has 0 bridgehead atoms. The molecule has 2 aromatic rings. The van der Waals surface area contributed by atoms with Crippen molar-refractivity contribution in [3.05, 3.63) is 39.9 Å². The zero-order valence-electron chi connectivity index (χ0n) is 9.36. The number of aryl methyl sites for hydroxylation is 2. The van der Waals surface area contributed by atoms with Crippen LogP contribution in [0.25, 0.3) is 10.9 Å². The van der Waals surface area contributed by atoms with Gasteiger partial charge in [-0.25, -0.2) is 4.79 Å². The largest absolute Gasteiger partial charge is 0.481 e. The Hall–Kier alpha value is -2.17. The number of hydrogen-bond acceptors (Lipinski definition) is 3. The summed E-state index contributed by atoms with van der Waals surface area (Å²) >= 11 is 0. The number of aliphatic carboxylic acids is 1. The minimum absolute atomic E-state index is 0.0109. The second-order valence-electron chi connectivity index (χ2n) is 3.93. The molecule has 0 radical (unpaired) electrons. The van der Waals surface area contributed by atoms with Gasteiger partial charge < -0.3 is 10.1 Å². The van der Waals surface area contributed by atoms with Gasteiger partial charge >= 0.3 is 11.7 Å². The molecule has 17 heavy (non-hydrogen) atoms. The van der Waals surface area contributed by atoms with E-state index >= 15 is 0 Å². The topological polar surface area (TPSA) is 83.0 Å². The molecular formula is C12H12N2O3. The number of hydrogen-bond donors (Lipinski definition) is 2. The molecule has 0 atom stereocenters. The van der Waals surface area contributed by atoms with Gasteiger partial charge in [0.25, 0.3) is 0 Å². The smallest absolute Gasteiger partial charge is 0.345 e. The van der Waals surface area contributed by atoms with Crippen molar-refractivity contribution in [1.29, 1.82) is 0 Å². The lowest BCUT2D eigenvalue weighted by Crippen LogP contribution is -2.14. The fourth-order valence-corrected chi connectivity index (χ4v) is 1.75. The van der Waals surface area contributed by atoms with Crippen LogP contribution in [0.3, 0.4) is 0 Å². The van der Waals surface area contributed by atoms with E-state index in [0.717, 1.165) is 10.9 Å². The summed E-state index contributed by atoms with van der Waals surface area (Å²) in [5, 5.41) is 9.47. The fraction of sp³-hybridized carbons (Fsp3) is 0.250. The van der Waals surface area contributed by atoms with Crippen molar-refractivity contribution in [2.75, 3.05) is 0 Å². The number of rotatable bonds is 3.